The lowest BCUT2D eigenvalue weighted by molar-refractivity contribution is 0.0691. The second-order valence-corrected chi connectivity index (χ2v) is 4.17. The Kier molecular flexibility index (Phi) is 3.53. The van der Waals surface area contributed by atoms with Crippen molar-refractivity contribution >= 4 is 29.0 Å². The molecule has 8 nitrogen and oxygen atoms in total. The van der Waals surface area contributed by atoms with Crippen molar-refractivity contribution in [2.75, 3.05) is 5.32 Å². The summed E-state index contributed by atoms with van der Waals surface area (Å²) in [6.45, 7) is 0.168. The molecule has 94 valence electrons. The van der Waals surface area contributed by atoms with Crippen LogP contribution in [0.1, 0.15) is 15.5 Å². The minimum atomic E-state index is -1.08. The minimum Gasteiger partial charge on any atom is -0.476 e. The number of nitrogens with zero attached hydrogens (tertiary/aromatic N) is 2. The molecule has 0 aliphatic heterocycles. The Bertz CT molecular complexity index is 550. The molecule has 4 N–H and O–H groups in total. The average Bonchev–Trinajstić information content (AvgIpc) is 2.96. The fourth-order valence-corrected chi connectivity index (χ4v) is 1.85. The first kappa shape index (κ1) is 12.0. The number of aromatic amines is 1. The van der Waals surface area contributed by atoms with Gasteiger partial charge in [0.25, 0.3) is 0 Å². The van der Waals surface area contributed by atoms with E-state index in [9.17, 15) is 9.59 Å². The molecule has 0 spiro atoms. The highest BCUT2D eigenvalue weighted by molar-refractivity contribution is 7.09. The van der Waals surface area contributed by atoms with Gasteiger partial charge >= 0.3 is 12.0 Å². The molecule has 0 aliphatic carbocycles. The third kappa shape index (κ3) is 3.04. The van der Waals surface area contributed by atoms with Gasteiger partial charge in [-0.3, -0.25) is 5.10 Å². The number of thiazole rings is 1. The average molecular weight is 267 g/mol. The van der Waals surface area contributed by atoms with Crippen molar-refractivity contribution in [3.8, 4) is 0 Å². The number of carbonyl (C=O) groups is 2. The Hall–Kier alpha value is -2.42. The molecule has 0 saturated heterocycles. The quantitative estimate of drug-likeness (QED) is 0.655. The number of rotatable bonds is 4. The topological polar surface area (TPSA) is 120 Å². The fraction of sp³-hybridized carbons (Fsp3) is 0.111. The molecule has 18 heavy (non-hydrogen) atoms. The van der Waals surface area contributed by atoms with Crippen LogP contribution in [0.4, 0.5) is 10.5 Å². The number of urea groups is 1. The predicted molar refractivity (Wildman–Crippen MR) is 63.5 cm³/mol. The van der Waals surface area contributed by atoms with Gasteiger partial charge in [-0.25, -0.2) is 14.6 Å². The van der Waals surface area contributed by atoms with Crippen LogP contribution in [-0.2, 0) is 6.54 Å². The normalized spacial score (nSPS) is 10.0. The number of carbonyl (C=O) groups excluding carboxylic acids is 1. The van der Waals surface area contributed by atoms with Crippen LogP contribution in [0.25, 0.3) is 0 Å². The van der Waals surface area contributed by atoms with E-state index >= 15 is 0 Å². The number of aromatic carboxylic acids is 1. The van der Waals surface area contributed by atoms with Crippen molar-refractivity contribution in [3.05, 3.63) is 28.5 Å². The molecule has 9 heteroatoms. The van der Waals surface area contributed by atoms with Crippen molar-refractivity contribution in [1.29, 1.82) is 0 Å². The number of amides is 2. The zero-order valence-electron chi connectivity index (χ0n) is 9.01. The van der Waals surface area contributed by atoms with Crippen molar-refractivity contribution in [2.45, 2.75) is 6.54 Å². The van der Waals surface area contributed by atoms with Gasteiger partial charge < -0.3 is 15.7 Å². The van der Waals surface area contributed by atoms with Crippen LogP contribution in [-0.4, -0.2) is 32.3 Å². The Morgan fingerprint density at radius 1 is 1.50 bits per heavy atom. The summed E-state index contributed by atoms with van der Waals surface area (Å²) in [6.07, 6.45) is 3.00. The Balaban J connectivity index is 1.83. The molecule has 2 rings (SSSR count). The molecule has 2 aromatic heterocycles. The maximum atomic E-state index is 11.4. The largest absolute Gasteiger partial charge is 0.476 e. The van der Waals surface area contributed by atoms with Crippen LogP contribution in [0.2, 0.25) is 0 Å². The maximum Gasteiger partial charge on any atom is 0.355 e. The lowest BCUT2D eigenvalue weighted by Gasteiger charge is -2.03. The number of hydrogen-bond donors (Lipinski definition) is 4. The summed E-state index contributed by atoms with van der Waals surface area (Å²) in [7, 11) is 0. The highest BCUT2D eigenvalue weighted by Gasteiger charge is 2.09. The number of hydrogen-bond acceptors (Lipinski definition) is 5. The summed E-state index contributed by atoms with van der Waals surface area (Å²) in [5.41, 5.74) is 0.518. The maximum absolute atomic E-state index is 11.4. The molecule has 2 aromatic rings. The van der Waals surface area contributed by atoms with E-state index in [0.717, 1.165) is 0 Å². The van der Waals surface area contributed by atoms with Gasteiger partial charge in [0, 0.05) is 11.6 Å². The summed E-state index contributed by atoms with van der Waals surface area (Å²) in [4.78, 5) is 25.9. The number of carboxylic acid groups (broad SMARTS) is 1. The third-order valence-corrected chi connectivity index (χ3v) is 2.78. The predicted octanol–water partition coefficient (Wildman–Crippen LogP) is 0.886. The van der Waals surface area contributed by atoms with Crippen LogP contribution in [0.15, 0.2) is 17.8 Å². The summed E-state index contributed by atoms with van der Waals surface area (Å²) in [5, 5.41) is 21.9. The first-order valence-electron chi connectivity index (χ1n) is 4.86. The van der Waals surface area contributed by atoms with E-state index in [0.29, 0.717) is 10.7 Å². The zero-order valence-corrected chi connectivity index (χ0v) is 9.82. The molecule has 2 amide bonds. The lowest BCUT2D eigenvalue weighted by Crippen LogP contribution is -2.28. The number of aromatic nitrogens is 3. The lowest BCUT2D eigenvalue weighted by atomic mass is 10.5. The number of anilines is 1. The van der Waals surface area contributed by atoms with Gasteiger partial charge in [0.15, 0.2) is 5.69 Å². The van der Waals surface area contributed by atoms with Crippen LogP contribution >= 0.6 is 11.3 Å². The van der Waals surface area contributed by atoms with Gasteiger partial charge in [-0.2, -0.15) is 5.10 Å². The monoisotopic (exact) mass is 267 g/mol. The van der Waals surface area contributed by atoms with Gasteiger partial charge in [0.05, 0.1) is 18.4 Å². The van der Waals surface area contributed by atoms with E-state index in [1.807, 2.05) is 0 Å². The SMILES string of the molecule is O=C(NCc1nc(C(=O)O)cs1)Nc1cn[nH]c1. The van der Waals surface area contributed by atoms with Crippen molar-refractivity contribution in [2.24, 2.45) is 0 Å². The molecule has 0 radical (unpaired) electrons. The number of carboxylic acids is 1. The molecule has 0 aliphatic rings. The van der Waals surface area contributed by atoms with Crippen molar-refractivity contribution < 1.29 is 14.7 Å². The number of nitrogens with one attached hydrogen (secondary N) is 3. The Morgan fingerprint density at radius 3 is 2.94 bits per heavy atom. The van der Waals surface area contributed by atoms with Crippen LogP contribution < -0.4 is 10.6 Å². The van der Waals surface area contributed by atoms with E-state index in [1.165, 1.54) is 29.1 Å². The zero-order chi connectivity index (χ0) is 13.0. The molecule has 0 aromatic carbocycles. The first-order valence-corrected chi connectivity index (χ1v) is 5.74. The fourth-order valence-electron chi connectivity index (χ4n) is 1.14. The van der Waals surface area contributed by atoms with Crippen molar-refractivity contribution in [1.82, 2.24) is 20.5 Å². The summed E-state index contributed by atoms with van der Waals surface area (Å²) < 4.78 is 0. The molecule has 0 fully saturated rings. The van der Waals surface area contributed by atoms with E-state index in [-0.39, 0.29) is 12.2 Å². The molecule has 0 atom stereocenters. The second-order valence-electron chi connectivity index (χ2n) is 3.23. The van der Waals surface area contributed by atoms with E-state index in [4.69, 9.17) is 5.11 Å². The molecule has 0 saturated carbocycles. The van der Waals surface area contributed by atoms with Crippen LogP contribution in [0.3, 0.4) is 0 Å². The van der Waals surface area contributed by atoms with Crippen molar-refractivity contribution in [3.63, 3.8) is 0 Å². The summed E-state index contributed by atoms with van der Waals surface area (Å²) in [5.74, 6) is -1.08. The highest BCUT2D eigenvalue weighted by atomic mass is 32.1. The molecule has 0 bridgehead atoms. The molecule has 2 heterocycles. The van der Waals surface area contributed by atoms with Gasteiger partial charge in [-0.1, -0.05) is 0 Å². The molecule has 0 unspecified atom stereocenters. The number of H-pyrrole nitrogens is 1. The van der Waals surface area contributed by atoms with E-state index in [1.54, 1.807) is 0 Å². The van der Waals surface area contributed by atoms with Gasteiger partial charge in [-0.15, -0.1) is 11.3 Å². The second kappa shape index (κ2) is 5.27. The third-order valence-electron chi connectivity index (χ3n) is 1.93. The van der Waals surface area contributed by atoms with Gasteiger partial charge in [-0.05, 0) is 0 Å². The van der Waals surface area contributed by atoms with Gasteiger partial charge in [0.1, 0.15) is 5.01 Å². The Labute approximate surface area is 105 Å². The standard InChI is InChI=1S/C9H9N5O3S/c15-8(16)6-4-18-7(14-6)3-10-9(17)13-5-1-11-12-2-5/h1-2,4H,3H2,(H,11,12)(H,15,16)(H2,10,13,17). The van der Waals surface area contributed by atoms with E-state index < -0.39 is 12.0 Å². The van der Waals surface area contributed by atoms with Crippen LogP contribution in [0.5, 0.6) is 0 Å². The summed E-state index contributed by atoms with van der Waals surface area (Å²) in [6, 6.07) is -0.413. The Morgan fingerprint density at radius 2 is 2.33 bits per heavy atom. The van der Waals surface area contributed by atoms with Crippen LogP contribution in [0, 0.1) is 0 Å². The highest BCUT2D eigenvalue weighted by Crippen LogP contribution is 2.09. The molecular weight excluding hydrogens is 258 g/mol. The smallest absolute Gasteiger partial charge is 0.355 e. The summed E-state index contributed by atoms with van der Waals surface area (Å²) >= 11 is 1.17. The first-order chi connectivity index (χ1) is 8.65. The molecular formula is C9H9N5O3S. The minimum absolute atomic E-state index is 0.0213. The van der Waals surface area contributed by atoms with E-state index in [2.05, 4.69) is 25.8 Å². The van der Waals surface area contributed by atoms with Gasteiger partial charge in [0.2, 0.25) is 0 Å².